The Labute approximate surface area is 253 Å². The number of nitrogens with one attached hydrogen (secondary N) is 2. The predicted octanol–water partition coefficient (Wildman–Crippen LogP) is 4.76. The third-order valence-corrected chi connectivity index (χ3v) is 10.1. The number of amides is 3. The van der Waals surface area contributed by atoms with Gasteiger partial charge in [0.15, 0.2) is 0 Å². The number of hydrogen-bond donors (Lipinski definition) is 2. The average Bonchev–Trinajstić information content (AvgIpc) is 3.55. The number of likely N-dealkylation sites (tertiary alicyclic amines) is 1. The summed E-state index contributed by atoms with van der Waals surface area (Å²) in [5.41, 5.74) is -0.742. The molecule has 6 unspecified atom stereocenters. The number of carbonyl (C=O) groups excluding carboxylic acids is 3. The van der Waals surface area contributed by atoms with E-state index >= 15 is 0 Å². The zero-order valence-corrected chi connectivity index (χ0v) is 25.9. The number of likely N-dealkylation sites (N-methyl/N-ethyl adjacent to an activating group) is 1. The lowest BCUT2D eigenvalue weighted by molar-refractivity contribution is -0.141. The van der Waals surface area contributed by atoms with Gasteiger partial charge in [-0.05, 0) is 56.5 Å². The predicted molar refractivity (Wildman–Crippen MR) is 161 cm³/mol. The molecule has 2 N–H and O–H groups in total. The summed E-state index contributed by atoms with van der Waals surface area (Å²) in [6.07, 6.45) is 8.36. The fourth-order valence-corrected chi connectivity index (χ4v) is 7.75. The molecule has 0 radical (unpaired) electrons. The van der Waals surface area contributed by atoms with Gasteiger partial charge in [-0.2, -0.15) is 0 Å². The van der Waals surface area contributed by atoms with Crippen LogP contribution in [0.4, 0.5) is 5.69 Å². The molecule has 4 aliphatic rings. The summed E-state index contributed by atoms with van der Waals surface area (Å²) in [7, 11) is 2.03. The standard InChI is InChI=1S/C31H42Cl2N4O4/c1-5-6-12-36(4)13-14-37-27(29(39)35-23-9-7-8-18(2)19(23)3)31-11-10-24(41-31)25(26(31)30(37)40)28(38)34-22-16-20(32)15-21(33)17-22/h10-11,15-19,23-27H,5-9,12-14H2,1-4H3,(H,34,38)(H,35,39)/t18?,19?,23?,24-,25?,26-,27?,31?/m0/s1. The molecular formula is C31H42Cl2N4O4. The zero-order chi connectivity index (χ0) is 29.5. The van der Waals surface area contributed by atoms with Crippen LogP contribution >= 0.6 is 23.2 Å². The quantitative estimate of drug-likeness (QED) is 0.376. The molecule has 2 bridgehead atoms. The number of nitrogens with zero attached hydrogens (tertiary/aromatic N) is 2. The highest BCUT2D eigenvalue weighted by molar-refractivity contribution is 6.35. The van der Waals surface area contributed by atoms with Crippen LogP contribution in [-0.2, 0) is 19.1 Å². The second-order valence-corrected chi connectivity index (χ2v) is 13.3. The van der Waals surface area contributed by atoms with E-state index in [1.54, 1.807) is 23.1 Å². The van der Waals surface area contributed by atoms with Crippen molar-refractivity contribution in [2.75, 3.05) is 32.0 Å². The minimum atomic E-state index is -1.19. The largest absolute Gasteiger partial charge is 0.359 e. The number of rotatable bonds is 10. The maximum Gasteiger partial charge on any atom is 0.246 e. The van der Waals surface area contributed by atoms with Crippen LogP contribution in [0.15, 0.2) is 30.4 Å². The summed E-state index contributed by atoms with van der Waals surface area (Å²) >= 11 is 12.3. The second kappa shape index (κ2) is 12.2. The van der Waals surface area contributed by atoms with Crippen LogP contribution in [0.1, 0.15) is 52.9 Å². The van der Waals surface area contributed by atoms with E-state index in [2.05, 4.69) is 36.3 Å². The van der Waals surface area contributed by atoms with Gasteiger partial charge in [0.25, 0.3) is 0 Å². The van der Waals surface area contributed by atoms with E-state index in [1.807, 2.05) is 19.2 Å². The van der Waals surface area contributed by atoms with E-state index in [9.17, 15) is 14.4 Å². The lowest BCUT2D eigenvalue weighted by Gasteiger charge is -2.38. The lowest BCUT2D eigenvalue weighted by atomic mass is 9.73. The van der Waals surface area contributed by atoms with E-state index in [-0.39, 0.29) is 23.8 Å². The average molecular weight is 606 g/mol. The number of halogens is 2. The Kier molecular flexibility index (Phi) is 9.05. The van der Waals surface area contributed by atoms with Crippen molar-refractivity contribution in [3.05, 3.63) is 40.4 Å². The number of hydrogen-bond acceptors (Lipinski definition) is 5. The Morgan fingerprint density at radius 1 is 1.12 bits per heavy atom. The SMILES string of the molecule is CCCCN(C)CCN1C(=O)[C@@H]2C(C(=O)Nc3cc(Cl)cc(Cl)c3)[C@@H]3C=CC2(O3)C1C(=O)NC1CCCC(C)C1C. The Morgan fingerprint density at radius 3 is 2.56 bits per heavy atom. The summed E-state index contributed by atoms with van der Waals surface area (Å²) in [5, 5.41) is 6.99. The van der Waals surface area contributed by atoms with E-state index in [0.717, 1.165) is 38.6 Å². The van der Waals surface area contributed by atoms with E-state index in [1.165, 1.54) is 0 Å². The minimum absolute atomic E-state index is 0.0418. The molecule has 1 aliphatic carbocycles. The van der Waals surface area contributed by atoms with Gasteiger partial charge in [-0.3, -0.25) is 14.4 Å². The van der Waals surface area contributed by atoms with Gasteiger partial charge in [0.05, 0.1) is 17.9 Å². The van der Waals surface area contributed by atoms with Gasteiger partial charge in [0, 0.05) is 34.9 Å². The molecule has 224 valence electrons. The summed E-state index contributed by atoms with van der Waals surface area (Å²) < 4.78 is 6.49. The Morgan fingerprint density at radius 2 is 1.85 bits per heavy atom. The highest BCUT2D eigenvalue weighted by atomic mass is 35.5. The van der Waals surface area contributed by atoms with Gasteiger partial charge >= 0.3 is 0 Å². The van der Waals surface area contributed by atoms with Gasteiger partial charge in [0.1, 0.15) is 11.6 Å². The summed E-state index contributed by atoms with van der Waals surface area (Å²) in [5.74, 6) is -1.49. The first-order chi connectivity index (χ1) is 19.6. The van der Waals surface area contributed by atoms with Crippen molar-refractivity contribution in [3.8, 4) is 0 Å². The van der Waals surface area contributed by atoms with Crippen LogP contribution in [0.2, 0.25) is 10.0 Å². The van der Waals surface area contributed by atoms with Crippen molar-refractivity contribution in [3.63, 3.8) is 0 Å². The van der Waals surface area contributed by atoms with Crippen LogP contribution < -0.4 is 10.6 Å². The van der Waals surface area contributed by atoms with Gasteiger partial charge in [-0.15, -0.1) is 0 Å². The highest BCUT2D eigenvalue weighted by Gasteiger charge is 2.72. The Bertz CT molecular complexity index is 1190. The topological polar surface area (TPSA) is 91.0 Å². The van der Waals surface area contributed by atoms with Gasteiger partial charge in [-0.1, -0.05) is 75.4 Å². The van der Waals surface area contributed by atoms with Crippen LogP contribution in [0.3, 0.4) is 0 Å². The van der Waals surface area contributed by atoms with E-state index in [0.29, 0.717) is 40.7 Å². The maximum atomic E-state index is 14.2. The van der Waals surface area contributed by atoms with Gasteiger partial charge < -0.3 is 25.2 Å². The number of ether oxygens (including phenoxy) is 1. The number of fused-ring (bicyclic) bond motifs is 1. The first kappa shape index (κ1) is 30.3. The smallest absolute Gasteiger partial charge is 0.246 e. The molecule has 3 heterocycles. The molecule has 5 rings (SSSR count). The molecular weight excluding hydrogens is 563 g/mol. The van der Waals surface area contributed by atoms with Crippen molar-refractivity contribution in [2.24, 2.45) is 23.7 Å². The molecule has 1 aromatic rings. The van der Waals surface area contributed by atoms with Crippen molar-refractivity contribution in [1.82, 2.24) is 15.1 Å². The molecule has 1 aromatic carbocycles. The van der Waals surface area contributed by atoms with E-state index in [4.69, 9.17) is 27.9 Å². The van der Waals surface area contributed by atoms with Crippen molar-refractivity contribution in [2.45, 2.75) is 76.7 Å². The Balaban J connectivity index is 1.42. The summed E-state index contributed by atoms with van der Waals surface area (Å²) in [6, 6.07) is 4.01. The van der Waals surface area contributed by atoms with Crippen LogP contribution in [-0.4, -0.2) is 78.0 Å². The summed E-state index contributed by atoms with van der Waals surface area (Å²) in [6.45, 7) is 8.49. The van der Waals surface area contributed by atoms with Crippen LogP contribution in [0.5, 0.6) is 0 Å². The molecule has 3 amide bonds. The van der Waals surface area contributed by atoms with E-state index < -0.39 is 29.6 Å². The molecule has 2 saturated heterocycles. The minimum Gasteiger partial charge on any atom is -0.359 e. The molecule has 10 heteroatoms. The first-order valence-corrected chi connectivity index (χ1v) is 15.7. The zero-order valence-electron chi connectivity index (χ0n) is 24.4. The molecule has 8 atom stereocenters. The lowest BCUT2D eigenvalue weighted by Crippen LogP contribution is -2.58. The molecule has 0 aromatic heterocycles. The van der Waals surface area contributed by atoms with Crippen LogP contribution in [0.25, 0.3) is 0 Å². The fourth-order valence-electron chi connectivity index (χ4n) is 7.23. The number of unbranched alkanes of at least 4 members (excludes halogenated alkanes) is 1. The molecule has 8 nitrogen and oxygen atoms in total. The Hall–Kier alpha value is -2.13. The third kappa shape index (κ3) is 5.77. The van der Waals surface area contributed by atoms with Crippen molar-refractivity contribution in [1.29, 1.82) is 0 Å². The molecule has 3 fully saturated rings. The fraction of sp³-hybridized carbons (Fsp3) is 0.645. The second-order valence-electron chi connectivity index (χ2n) is 12.4. The monoisotopic (exact) mass is 604 g/mol. The summed E-state index contributed by atoms with van der Waals surface area (Å²) in [4.78, 5) is 45.9. The molecule has 1 spiro atoms. The van der Waals surface area contributed by atoms with Crippen molar-refractivity contribution >= 4 is 46.6 Å². The van der Waals surface area contributed by atoms with Crippen molar-refractivity contribution < 1.29 is 19.1 Å². The molecule has 1 saturated carbocycles. The third-order valence-electron chi connectivity index (χ3n) is 9.71. The maximum absolute atomic E-state index is 14.2. The number of anilines is 1. The number of carbonyl (C=O) groups is 3. The molecule has 41 heavy (non-hydrogen) atoms. The van der Waals surface area contributed by atoms with Crippen LogP contribution in [0, 0.1) is 23.7 Å². The van der Waals surface area contributed by atoms with Gasteiger partial charge in [-0.25, -0.2) is 0 Å². The molecule has 3 aliphatic heterocycles. The number of benzene rings is 1. The first-order valence-electron chi connectivity index (χ1n) is 15.0. The highest BCUT2D eigenvalue weighted by Crippen LogP contribution is 2.55. The van der Waals surface area contributed by atoms with Gasteiger partial charge in [0.2, 0.25) is 17.7 Å². The normalized spacial score (nSPS) is 33.9.